The minimum absolute atomic E-state index is 0.728. The van der Waals surface area contributed by atoms with Crippen molar-refractivity contribution in [1.29, 1.82) is 0 Å². The van der Waals surface area contributed by atoms with Crippen LogP contribution < -0.4 is 10.1 Å². The van der Waals surface area contributed by atoms with E-state index < -0.39 is 0 Å². The van der Waals surface area contributed by atoms with E-state index in [0.717, 1.165) is 37.9 Å². The van der Waals surface area contributed by atoms with Crippen LogP contribution in [0.2, 0.25) is 0 Å². The molecule has 2 rings (SSSR count). The second kappa shape index (κ2) is 7.39. The van der Waals surface area contributed by atoms with Gasteiger partial charge < -0.3 is 10.1 Å². The zero-order valence-corrected chi connectivity index (χ0v) is 11.3. The highest BCUT2D eigenvalue weighted by molar-refractivity contribution is 5.20. The van der Waals surface area contributed by atoms with Gasteiger partial charge >= 0.3 is 0 Å². The van der Waals surface area contributed by atoms with E-state index in [1.54, 1.807) is 0 Å². The third kappa shape index (κ3) is 4.00. The van der Waals surface area contributed by atoms with Crippen molar-refractivity contribution in [2.24, 2.45) is 0 Å². The Balaban J connectivity index is 1.63. The molecule has 1 saturated heterocycles. The molecule has 1 fully saturated rings. The highest BCUT2D eigenvalue weighted by atomic mass is 16.5. The normalized spacial score (nSPS) is 20.2. The molecule has 18 heavy (non-hydrogen) atoms. The lowest BCUT2D eigenvalue weighted by Crippen LogP contribution is -2.37. The summed E-state index contributed by atoms with van der Waals surface area (Å²) in [6.07, 6.45) is 3.78. The van der Waals surface area contributed by atoms with Crippen LogP contribution in [0.4, 0.5) is 0 Å². The second-order valence-corrected chi connectivity index (χ2v) is 4.90. The number of hydrogen-bond acceptors (Lipinski definition) is 3. The summed E-state index contributed by atoms with van der Waals surface area (Å²) in [5.74, 6) is 0.977. The van der Waals surface area contributed by atoms with Crippen molar-refractivity contribution in [2.45, 2.75) is 25.3 Å². The Morgan fingerprint density at radius 1 is 1.33 bits per heavy atom. The Kier molecular flexibility index (Phi) is 5.49. The van der Waals surface area contributed by atoms with Crippen molar-refractivity contribution >= 4 is 0 Å². The fourth-order valence-corrected chi connectivity index (χ4v) is 2.63. The van der Waals surface area contributed by atoms with E-state index in [-0.39, 0.29) is 0 Å². The third-order valence-corrected chi connectivity index (χ3v) is 3.54. The van der Waals surface area contributed by atoms with Gasteiger partial charge in [-0.1, -0.05) is 18.2 Å². The molecule has 0 radical (unpaired) electrons. The average molecular weight is 248 g/mol. The van der Waals surface area contributed by atoms with Crippen LogP contribution in [0.1, 0.15) is 19.3 Å². The molecule has 1 aromatic rings. The van der Waals surface area contributed by atoms with Gasteiger partial charge in [0.2, 0.25) is 0 Å². The smallest absolute Gasteiger partial charge is 0.119 e. The van der Waals surface area contributed by atoms with Crippen LogP contribution in [0.3, 0.4) is 0 Å². The molecule has 1 N–H and O–H groups in total. The Bertz CT molecular complexity index is 329. The third-order valence-electron chi connectivity index (χ3n) is 3.54. The summed E-state index contributed by atoms with van der Waals surface area (Å²) < 4.78 is 5.72. The molecular weight excluding hydrogens is 224 g/mol. The summed E-state index contributed by atoms with van der Waals surface area (Å²) in [6, 6.07) is 10.8. The Morgan fingerprint density at radius 2 is 2.17 bits per heavy atom. The molecular formula is C15H24N2O. The first-order chi connectivity index (χ1) is 8.90. The summed E-state index contributed by atoms with van der Waals surface area (Å²) in [7, 11) is 2.04. The molecule has 0 saturated carbocycles. The minimum Gasteiger partial charge on any atom is -0.494 e. The van der Waals surface area contributed by atoms with Crippen molar-refractivity contribution in [1.82, 2.24) is 10.2 Å². The van der Waals surface area contributed by atoms with E-state index in [9.17, 15) is 0 Å². The van der Waals surface area contributed by atoms with Crippen molar-refractivity contribution in [3.63, 3.8) is 0 Å². The van der Waals surface area contributed by atoms with E-state index in [2.05, 4.69) is 10.2 Å². The van der Waals surface area contributed by atoms with Crippen LogP contribution >= 0.6 is 0 Å². The van der Waals surface area contributed by atoms with Gasteiger partial charge in [-0.2, -0.15) is 0 Å². The first kappa shape index (κ1) is 13.4. The molecule has 1 unspecified atom stereocenters. The lowest BCUT2D eigenvalue weighted by atomic mass is 10.2. The quantitative estimate of drug-likeness (QED) is 0.748. The zero-order chi connectivity index (χ0) is 12.6. The predicted octanol–water partition coefficient (Wildman–Crippen LogP) is 2.14. The molecule has 1 atom stereocenters. The van der Waals surface area contributed by atoms with Gasteiger partial charge in [-0.3, -0.25) is 4.90 Å². The van der Waals surface area contributed by atoms with Gasteiger partial charge in [0, 0.05) is 19.1 Å². The molecule has 0 aromatic heterocycles. The second-order valence-electron chi connectivity index (χ2n) is 4.90. The maximum Gasteiger partial charge on any atom is 0.119 e. The summed E-state index contributed by atoms with van der Waals surface area (Å²) in [5, 5.41) is 3.28. The van der Waals surface area contributed by atoms with Gasteiger partial charge in [0.05, 0.1) is 6.61 Å². The zero-order valence-electron chi connectivity index (χ0n) is 11.3. The molecule has 0 amide bonds. The molecule has 1 heterocycles. The standard InChI is InChI=1S/C15H24N2O/c1-16-13-14-7-5-10-17(14)11-6-12-18-15-8-3-2-4-9-15/h2-4,8-9,14,16H,5-7,10-13H2,1H3. The highest BCUT2D eigenvalue weighted by Gasteiger charge is 2.22. The van der Waals surface area contributed by atoms with E-state index in [4.69, 9.17) is 4.74 Å². The molecule has 1 aliphatic rings. The lowest BCUT2D eigenvalue weighted by Gasteiger charge is -2.24. The number of hydrogen-bond donors (Lipinski definition) is 1. The van der Waals surface area contributed by atoms with Crippen LogP contribution in [-0.2, 0) is 0 Å². The van der Waals surface area contributed by atoms with Crippen molar-refractivity contribution in [3.05, 3.63) is 30.3 Å². The largest absolute Gasteiger partial charge is 0.494 e. The van der Waals surface area contributed by atoms with E-state index in [0.29, 0.717) is 0 Å². The van der Waals surface area contributed by atoms with Gasteiger partial charge in [0.15, 0.2) is 0 Å². The van der Waals surface area contributed by atoms with Crippen LogP contribution in [0, 0.1) is 0 Å². The summed E-state index contributed by atoms with van der Waals surface area (Å²) in [4.78, 5) is 2.59. The Morgan fingerprint density at radius 3 is 2.94 bits per heavy atom. The summed E-state index contributed by atoms with van der Waals surface area (Å²) >= 11 is 0. The minimum atomic E-state index is 0.728. The van der Waals surface area contributed by atoms with E-state index in [1.807, 2.05) is 37.4 Å². The maximum atomic E-state index is 5.72. The molecule has 1 aliphatic heterocycles. The van der Waals surface area contributed by atoms with Gasteiger partial charge in [-0.15, -0.1) is 0 Å². The topological polar surface area (TPSA) is 24.5 Å². The average Bonchev–Trinajstić information content (AvgIpc) is 2.84. The van der Waals surface area contributed by atoms with Gasteiger partial charge in [0.1, 0.15) is 5.75 Å². The van der Waals surface area contributed by atoms with E-state index >= 15 is 0 Å². The monoisotopic (exact) mass is 248 g/mol. The molecule has 100 valence electrons. The summed E-state index contributed by atoms with van der Waals surface area (Å²) in [6.45, 7) is 4.32. The highest BCUT2D eigenvalue weighted by Crippen LogP contribution is 2.16. The van der Waals surface area contributed by atoms with Crippen LogP contribution in [0.5, 0.6) is 5.75 Å². The summed E-state index contributed by atoms with van der Waals surface area (Å²) in [5.41, 5.74) is 0. The number of rotatable bonds is 7. The number of ether oxygens (including phenoxy) is 1. The van der Waals surface area contributed by atoms with Crippen molar-refractivity contribution in [2.75, 3.05) is 33.3 Å². The fourth-order valence-electron chi connectivity index (χ4n) is 2.63. The fraction of sp³-hybridized carbons (Fsp3) is 0.600. The number of para-hydroxylation sites is 1. The SMILES string of the molecule is CNCC1CCCN1CCCOc1ccccc1. The Labute approximate surface area is 110 Å². The van der Waals surface area contributed by atoms with Crippen molar-refractivity contribution < 1.29 is 4.74 Å². The molecule has 0 bridgehead atoms. The Hall–Kier alpha value is -1.06. The number of benzene rings is 1. The predicted molar refractivity (Wildman–Crippen MR) is 75.1 cm³/mol. The first-order valence-corrected chi connectivity index (χ1v) is 6.96. The number of nitrogens with zero attached hydrogens (tertiary/aromatic N) is 1. The van der Waals surface area contributed by atoms with E-state index in [1.165, 1.54) is 19.4 Å². The van der Waals surface area contributed by atoms with Crippen LogP contribution in [-0.4, -0.2) is 44.2 Å². The molecule has 0 aliphatic carbocycles. The maximum absolute atomic E-state index is 5.72. The molecule has 3 heteroatoms. The lowest BCUT2D eigenvalue weighted by molar-refractivity contribution is 0.219. The first-order valence-electron chi connectivity index (χ1n) is 6.96. The van der Waals surface area contributed by atoms with Gasteiger partial charge in [-0.05, 0) is 45.0 Å². The number of likely N-dealkylation sites (tertiary alicyclic amines) is 1. The van der Waals surface area contributed by atoms with Crippen molar-refractivity contribution in [3.8, 4) is 5.75 Å². The molecule has 0 spiro atoms. The molecule has 1 aromatic carbocycles. The van der Waals surface area contributed by atoms with Crippen LogP contribution in [0.15, 0.2) is 30.3 Å². The number of nitrogens with one attached hydrogen (secondary N) is 1. The van der Waals surface area contributed by atoms with Gasteiger partial charge in [-0.25, -0.2) is 0 Å². The molecule has 3 nitrogen and oxygen atoms in total. The van der Waals surface area contributed by atoms with Crippen LogP contribution in [0.25, 0.3) is 0 Å². The number of likely N-dealkylation sites (N-methyl/N-ethyl adjacent to an activating group) is 1. The van der Waals surface area contributed by atoms with Gasteiger partial charge in [0.25, 0.3) is 0 Å².